The average molecular weight is 298 g/mol. The van der Waals surface area contributed by atoms with Gasteiger partial charge in [-0.05, 0) is 37.1 Å². The molecular formula is C15H20ClNO3. The summed E-state index contributed by atoms with van der Waals surface area (Å²) in [5.41, 5.74) is 0.803. The first-order valence-corrected chi connectivity index (χ1v) is 7.21. The van der Waals surface area contributed by atoms with Crippen LogP contribution in [0, 0.1) is 5.92 Å². The van der Waals surface area contributed by atoms with Crippen LogP contribution in [-0.4, -0.2) is 42.7 Å². The molecule has 1 saturated heterocycles. The number of hydrogen-bond donors (Lipinski definition) is 1. The van der Waals surface area contributed by atoms with Crippen LogP contribution < -0.4 is 0 Å². The lowest BCUT2D eigenvalue weighted by atomic mass is 9.97. The van der Waals surface area contributed by atoms with Crippen LogP contribution in [0.15, 0.2) is 24.3 Å². The first-order chi connectivity index (χ1) is 9.60. The van der Waals surface area contributed by atoms with Crippen molar-refractivity contribution < 1.29 is 14.6 Å². The molecule has 0 saturated carbocycles. The van der Waals surface area contributed by atoms with Crippen molar-refractivity contribution in [2.45, 2.75) is 18.9 Å². The van der Waals surface area contributed by atoms with Crippen LogP contribution in [0.25, 0.3) is 0 Å². The molecule has 1 aliphatic rings. The van der Waals surface area contributed by atoms with E-state index in [1.807, 2.05) is 12.1 Å². The molecule has 0 spiro atoms. The van der Waals surface area contributed by atoms with Gasteiger partial charge in [-0.3, -0.25) is 9.69 Å². The number of nitrogens with zero attached hydrogens (tertiary/aromatic N) is 1. The number of hydrogen-bond acceptors (Lipinski definition) is 4. The summed E-state index contributed by atoms with van der Waals surface area (Å²) in [6.45, 7) is 2.04. The number of benzene rings is 1. The quantitative estimate of drug-likeness (QED) is 0.866. The highest BCUT2D eigenvalue weighted by Gasteiger charge is 2.27. The molecule has 5 heteroatoms. The number of likely N-dealkylation sites (tertiary alicyclic amines) is 1. The SMILES string of the molecule is COC(=O)C1CCCN(CC(O)c2cccc(Cl)c2)C1. The zero-order valence-electron chi connectivity index (χ0n) is 11.6. The van der Waals surface area contributed by atoms with Gasteiger partial charge in [0, 0.05) is 18.1 Å². The molecule has 2 unspecified atom stereocenters. The number of carbonyl (C=O) groups excluding carboxylic acids is 1. The number of β-amino-alcohol motifs (C(OH)–C–C–N with tert-alkyl or cyclic N) is 1. The number of ether oxygens (including phenoxy) is 1. The van der Waals surface area contributed by atoms with E-state index in [1.165, 1.54) is 7.11 Å². The molecule has 1 heterocycles. The Hall–Kier alpha value is -1.10. The molecular weight excluding hydrogens is 278 g/mol. The third-order valence-corrected chi connectivity index (χ3v) is 3.94. The molecule has 0 aliphatic carbocycles. The van der Waals surface area contributed by atoms with Crippen molar-refractivity contribution in [2.24, 2.45) is 5.92 Å². The number of aliphatic hydroxyl groups is 1. The van der Waals surface area contributed by atoms with Crippen molar-refractivity contribution in [3.05, 3.63) is 34.9 Å². The van der Waals surface area contributed by atoms with Crippen molar-refractivity contribution in [3.63, 3.8) is 0 Å². The molecule has 20 heavy (non-hydrogen) atoms. The lowest BCUT2D eigenvalue weighted by molar-refractivity contribution is -0.147. The third kappa shape index (κ3) is 3.95. The summed E-state index contributed by atoms with van der Waals surface area (Å²) in [7, 11) is 1.42. The molecule has 0 aromatic heterocycles. The van der Waals surface area contributed by atoms with Crippen molar-refractivity contribution in [1.29, 1.82) is 0 Å². The molecule has 0 amide bonds. The highest BCUT2D eigenvalue weighted by molar-refractivity contribution is 6.30. The largest absolute Gasteiger partial charge is 0.469 e. The van der Waals surface area contributed by atoms with Crippen LogP contribution in [0.1, 0.15) is 24.5 Å². The van der Waals surface area contributed by atoms with Gasteiger partial charge in [0.2, 0.25) is 0 Å². The Morgan fingerprint density at radius 2 is 2.40 bits per heavy atom. The van der Waals surface area contributed by atoms with Gasteiger partial charge in [0.15, 0.2) is 0 Å². The predicted molar refractivity (Wildman–Crippen MR) is 77.6 cm³/mol. The zero-order chi connectivity index (χ0) is 14.5. The molecule has 2 rings (SSSR count). The summed E-state index contributed by atoms with van der Waals surface area (Å²) in [4.78, 5) is 13.7. The number of rotatable bonds is 4. The van der Waals surface area contributed by atoms with E-state index in [0.717, 1.165) is 24.9 Å². The second-order valence-electron chi connectivity index (χ2n) is 5.19. The van der Waals surface area contributed by atoms with Gasteiger partial charge in [0.1, 0.15) is 0 Å². The number of esters is 1. The Labute approximate surface area is 124 Å². The highest BCUT2D eigenvalue weighted by Crippen LogP contribution is 2.22. The number of carbonyl (C=O) groups is 1. The van der Waals surface area contributed by atoms with Crippen LogP contribution in [0.2, 0.25) is 5.02 Å². The summed E-state index contributed by atoms with van der Waals surface area (Å²) >= 11 is 5.93. The number of halogens is 1. The fraction of sp³-hybridized carbons (Fsp3) is 0.533. The van der Waals surface area contributed by atoms with Crippen molar-refractivity contribution >= 4 is 17.6 Å². The Bertz CT molecular complexity index is 466. The van der Waals surface area contributed by atoms with E-state index in [1.54, 1.807) is 12.1 Å². The maximum Gasteiger partial charge on any atom is 0.309 e. The molecule has 0 bridgehead atoms. The Morgan fingerprint density at radius 1 is 1.60 bits per heavy atom. The lowest BCUT2D eigenvalue weighted by Crippen LogP contribution is -2.41. The monoisotopic (exact) mass is 297 g/mol. The van der Waals surface area contributed by atoms with Gasteiger partial charge in [0.05, 0.1) is 19.1 Å². The van der Waals surface area contributed by atoms with Gasteiger partial charge < -0.3 is 9.84 Å². The first kappa shape index (κ1) is 15.3. The van der Waals surface area contributed by atoms with Crippen molar-refractivity contribution in [1.82, 2.24) is 4.90 Å². The van der Waals surface area contributed by atoms with Gasteiger partial charge in [-0.1, -0.05) is 23.7 Å². The Morgan fingerprint density at radius 3 is 3.10 bits per heavy atom. The second kappa shape index (κ2) is 7.07. The summed E-state index contributed by atoms with van der Waals surface area (Å²) in [5.74, 6) is -0.243. The average Bonchev–Trinajstić information content (AvgIpc) is 2.46. The summed E-state index contributed by atoms with van der Waals surface area (Å²) in [6.07, 6.45) is 1.21. The van der Waals surface area contributed by atoms with E-state index >= 15 is 0 Å². The van der Waals surface area contributed by atoms with Gasteiger partial charge in [-0.25, -0.2) is 0 Å². The fourth-order valence-corrected chi connectivity index (χ4v) is 2.84. The maximum atomic E-state index is 11.6. The minimum atomic E-state index is -0.593. The van der Waals surface area contributed by atoms with Crippen molar-refractivity contribution in [2.75, 3.05) is 26.7 Å². The number of piperidine rings is 1. The summed E-state index contributed by atoms with van der Waals surface area (Å²) in [6, 6.07) is 7.24. The van der Waals surface area contributed by atoms with Gasteiger partial charge in [-0.15, -0.1) is 0 Å². The van der Waals surface area contributed by atoms with Crippen molar-refractivity contribution in [3.8, 4) is 0 Å². The van der Waals surface area contributed by atoms with Gasteiger partial charge in [-0.2, -0.15) is 0 Å². The van der Waals surface area contributed by atoms with Gasteiger partial charge >= 0.3 is 5.97 Å². The molecule has 1 fully saturated rings. The number of aliphatic hydroxyl groups excluding tert-OH is 1. The molecule has 2 atom stereocenters. The highest BCUT2D eigenvalue weighted by atomic mass is 35.5. The normalized spacial score (nSPS) is 21.4. The second-order valence-corrected chi connectivity index (χ2v) is 5.63. The van der Waals surface area contributed by atoms with E-state index in [9.17, 15) is 9.90 Å². The molecule has 1 N–H and O–H groups in total. The minimum absolute atomic E-state index is 0.0830. The van der Waals surface area contributed by atoms with Crippen LogP contribution in [0.3, 0.4) is 0 Å². The van der Waals surface area contributed by atoms with Crippen LogP contribution >= 0.6 is 11.6 Å². The Kier molecular flexibility index (Phi) is 5.40. The standard InChI is InChI=1S/C15H20ClNO3/c1-20-15(19)12-5-3-7-17(9-12)10-14(18)11-4-2-6-13(16)8-11/h2,4,6,8,12,14,18H,3,5,7,9-10H2,1H3. The number of methoxy groups -OCH3 is 1. The van der Waals surface area contributed by atoms with Crippen LogP contribution in [0.5, 0.6) is 0 Å². The van der Waals surface area contributed by atoms with E-state index in [-0.39, 0.29) is 11.9 Å². The van der Waals surface area contributed by atoms with E-state index < -0.39 is 6.10 Å². The lowest BCUT2D eigenvalue weighted by Gasteiger charge is -2.32. The maximum absolute atomic E-state index is 11.6. The molecule has 1 aromatic rings. The zero-order valence-corrected chi connectivity index (χ0v) is 12.3. The van der Waals surface area contributed by atoms with E-state index in [0.29, 0.717) is 18.1 Å². The van der Waals surface area contributed by atoms with Crippen LogP contribution in [-0.2, 0) is 9.53 Å². The molecule has 1 aliphatic heterocycles. The van der Waals surface area contributed by atoms with E-state index in [4.69, 9.17) is 16.3 Å². The molecule has 1 aromatic carbocycles. The topological polar surface area (TPSA) is 49.8 Å². The fourth-order valence-electron chi connectivity index (χ4n) is 2.64. The predicted octanol–water partition coefficient (Wildman–Crippen LogP) is 2.26. The molecule has 110 valence electrons. The smallest absolute Gasteiger partial charge is 0.309 e. The molecule has 0 radical (unpaired) electrons. The first-order valence-electron chi connectivity index (χ1n) is 6.84. The Balaban J connectivity index is 1.94. The van der Waals surface area contributed by atoms with Gasteiger partial charge in [0.25, 0.3) is 0 Å². The van der Waals surface area contributed by atoms with Crippen LogP contribution in [0.4, 0.5) is 0 Å². The summed E-state index contributed by atoms with van der Waals surface area (Å²) in [5, 5.41) is 10.9. The molecule has 4 nitrogen and oxygen atoms in total. The third-order valence-electron chi connectivity index (χ3n) is 3.70. The van der Waals surface area contributed by atoms with E-state index in [2.05, 4.69) is 4.90 Å². The minimum Gasteiger partial charge on any atom is -0.469 e. The summed E-state index contributed by atoms with van der Waals surface area (Å²) < 4.78 is 4.80.